The molecule has 0 spiro atoms. The van der Waals surface area contributed by atoms with Gasteiger partial charge in [0.25, 0.3) is 0 Å². The highest BCUT2D eigenvalue weighted by molar-refractivity contribution is 7.55. The minimum Gasteiger partial charge on any atom is -0.308 e. The van der Waals surface area contributed by atoms with Crippen molar-refractivity contribution in [1.82, 2.24) is 10.3 Å². The van der Waals surface area contributed by atoms with Crippen LogP contribution in [0.4, 0.5) is 4.79 Å². The second kappa shape index (κ2) is 8.53. The molecule has 0 radical (unpaired) electrons. The van der Waals surface area contributed by atoms with Crippen molar-refractivity contribution in [3.63, 3.8) is 0 Å². The van der Waals surface area contributed by atoms with Crippen LogP contribution in [0.3, 0.4) is 0 Å². The van der Waals surface area contributed by atoms with E-state index in [1.54, 1.807) is 13.8 Å². The van der Waals surface area contributed by atoms with E-state index in [-0.39, 0.29) is 25.6 Å². The lowest BCUT2D eigenvalue weighted by Crippen LogP contribution is -2.56. The monoisotopic (exact) mass is 330 g/mol. The van der Waals surface area contributed by atoms with Crippen LogP contribution in [-0.2, 0) is 13.6 Å². The van der Waals surface area contributed by atoms with E-state index >= 15 is 0 Å². The third-order valence-corrected chi connectivity index (χ3v) is 4.77. The number of carbonyl (C=O) groups is 1. The van der Waals surface area contributed by atoms with Gasteiger partial charge in [0, 0.05) is 5.88 Å². The van der Waals surface area contributed by atoms with Crippen molar-refractivity contribution in [3.8, 4) is 0 Å². The van der Waals surface area contributed by atoms with Crippen LogP contribution < -0.4 is 11.1 Å². The zero-order valence-corrected chi connectivity index (χ0v) is 13.3. The topological polar surface area (TPSA) is 123 Å². The zero-order chi connectivity index (χ0) is 15.8. The lowest BCUT2D eigenvalue weighted by atomic mass is 10.5. The molecular formula is C9H20ClN4O5P. The average Bonchev–Trinajstić information content (AvgIpc) is 2.35. The number of nitrogens with two attached hydrogens (primary N) is 1. The predicted molar refractivity (Wildman–Crippen MR) is 75.2 cm³/mol. The van der Waals surface area contributed by atoms with E-state index in [2.05, 4.69) is 10.6 Å². The number of hydrogen-bond acceptors (Lipinski definition) is 7. The number of hydrogen-bond donors (Lipinski definition) is 2. The summed E-state index contributed by atoms with van der Waals surface area (Å²) in [4.78, 5) is 22.3. The van der Waals surface area contributed by atoms with Gasteiger partial charge in [0.15, 0.2) is 5.40 Å². The highest BCUT2D eigenvalue weighted by Crippen LogP contribution is 2.56. The summed E-state index contributed by atoms with van der Waals surface area (Å²) in [5.41, 5.74) is 5.81. The largest absolute Gasteiger partial charge is 0.370 e. The van der Waals surface area contributed by atoms with E-state index in [0.717, 1.165) is 0 Å². The standard InChI is InChI=1S/C9H20ClN4O5P/c1-4-18-20(17,19-5-2)9(3,11)12-8(15)14(13-16)7-6-10/h4-7,11H2,1-3H3,(H,12,15). The lowest BCUT2D eigenvalue weighted by molar-refractivity contribution is 0.173. The summed E-state index contributed by atoms with van der Waals surface area (Å²) >= 11 is 5.42. The van der Waals surface area contributed by atoms with Gasteiger partial charge in [-0.2, -0.15) is 5.01 Å². The van der Waals surface area contributed by atoms with Crippen LogP contribution in [0.25, 0.3) is 0 Å². The van der Waals surface area contributed by atoms with Crippen LogP contribution in [0.1, 0.15) is 20.8 Å². The van der Waals surface area contributed by atoms with Gasteiger partial charge in [0.05, 0.1) is 25.0 Å². The van der Waals surface area contributed by atoms with Gasteiger partial charge in [-0.15, -0.1) is 16.5 Å². The Morgan fingerprint density at radius 2 is 1.95 bits per heavy atom. The molecule has 0 aromatic rings. The van der Waals surface area contributed by atoms with E-state index in [1.807, 2.05) is 0 Å². The molecule has 3 N–H and O–H groups in total. The summed E-state index contributed by atoms with van der Waals surface area (Å²) in [6, 6.07) is -0.940. The van der Waals surface area contributed by atoms with Crippen molar-refractivity contribution in [3.05, 3.63) is 4.91 Å². The number of amides is 2. The van der Waals surface area contributed by atoms with Crippen molar-refractivity contribution in [2.45, 2.75) is 26.2 Å². The maximum absolute atomic E-state index is 12.5. The molecule has 0 bridgehead atoms. The van der Waals surface area contributed by atoms with E-state index in [9.17, 15) is 14.3 Å². The Morgan fingerprint density at radius 1 is 1.45 bits per heavy atom. The molecule has 0 saturated carbocycles. The fourth-order valence-electron chi connectivity index (χ4n) is 1.25. The van der Waals surface area contributed by atoms with Crippen LogP contribution in [0, 0.1) is 4.91 Å². The molecule has 20 heavy (non-hydrogen) atoms. The molecule has 11 heteroatoms. The summed E-state index contributed by atoms with van der Waals surface area (Å²) < 4.78 is 22.6. The molecule has 0 aliphatic heterocycles. The van der Waals surface area contributed by atoms with E-state index < -0.39 is 19.0 Å². The zero-order valence-electron chi connectivity index (χ0n) is 11.7. The SMILES string of the molecule is CCOP(=O)(OCC)C(C)(N)NC(=O)N(CCCl)N=O. The molecule has 1 unspecified atom stereocenters. The molecule has 0 fully saturated rings. The van der Waals surface area contributed by atoms with Gasteiger partial charge in [-0.3, -0.25) is 10.3 Å². The van der Waals surface area contributed by atoms with Crippen LogP contribution >= 0.6 is 19.2 Å². The third-order valence-electron chi connectivity index (χ3n) is 2.16. The van der Waals surface area contributed by atoms with E-state index in [4.69, 9.17) is 26.4 Å². The Hall–Kier alpha value is -0.730. The first kappa shape index (κ1) is 19.3. The van der Waals surface area contributed by atoms with Crippen molar-refractivity contribution in [2.75, 3.05) is 25.6 Å². The van der Waals surface area contributed by atoms with Gasteiger partial charge in [0.2, 0.25) is 0 Å². The van der Waals surface area contributed by atoms with Gasteiger partial charge in [-0.1, -0.05) is 0 Å². The second-order valence-electron chi connectivity index (χ2n) is 3.80. The molecular weight excluding hydrogens is 311 g/mol. The fraction of sp³-hybridized carbons (Fsp3) is 0.889. The van der Waals surface area contributed by atoms with Gasteiger partial charge in [-0.05, 0) is 20.8 Å². The van der Waals surface area contributed by atoms with Crippen LogP contribution in [0.5, 0.6) is 0 Å². The Kier molecular flexibility index (Phi) is 8.22. The molecule has 0 heterocycles. The minimum absolute atomic E-state index is 0.00895. The summed E-state index contributed by atoms with van der Waals surface area (Å²) in [5.74, 6) is 0.00895. The third kappa shape index (κ3) is 4.99. The number of rotatable bonds is 9. The highest BCUT2D eigenvalue weighted by atomic mass is 35.5. The number of urea groups is 1. The van der Waals surface area contributed by atoms with Gasteiger partial charge in [0.1, 0.15) is 0 Å². The Bertz CT molecular complexity index is 371. The molecule has 2 amide bonds. The second-order valence-corrected chi connectivity index (χ2v) is 6.62. The maximum atomic E-state index is 12.5. The molecule has 9 nitrogen and oxygen atoms in total. The molecule has 0 rings (SSSR count). The number of nitrogens with one attached hydrogen (secondary N) is 1. The van der Waals surface area contributed by atoms with Crippen molar-refractivity contribution in [1.29, 1.82) is 0 Å². The van der Waals surface area contributed by atoms with Crippen molar-refractivity contribution < 1.29 is 18.4 Å². The van der Waals surface area contributed by atoms with Crippen LogP contribution in [-0.4, -0.2) is 42.1 Å². The minimum atomic E-state index is -3.80. The Labute approximate surface area is 122 Å². The van der Waals surface area contributed by atoms with E-state index in [0.29, 0.717) is 5.01 Å². The first-order valence-corrected chi connectivity index (χ1v) is 8.02. The van der Waals surface area contributed by atoms with Crippen LogP contribution in [0.15, 0.2) is 5.29 Å². The van der Waals surface area contributed by atoms with Crippen molar-refractivity contribution >= 4 is 25.2 Å². The molecule has 0 aliphatic rings. The first-order valence-electron chi connectivity index (χ1n) is 5.95. The van der Waals surface area contributed by atoms with Gasteiger partial charge in [-0.25, -0.2) is 4.79 Å². The summed E-state index contributed by atoms with van der Waals surface area (Å²) in [6.45, 7) is 4.53. The van der Waals surface area contributed by atoms with Crippen molar-refractivity contribution in [2.24, 2.45) is 11.0 Å². The Balaban J connectivity index is 5.05. The van der Waals surface area contributed by atoms with E-state index in [1.165, 1.54) is 6.92 Å². The quantitative estimate of drug-likeness (QED) is 0.218. The summed E-state index contributed by atoms with van der Waals surface area (Å²) in [6.07, 6.45) is 0. The fourth-order valence-corrected chi connectivity index (χ4v) is 2.94. The molecule has 1 atom stereocenters. The summed E-state index contributed by atoms with van der Waals surface area (Å²) in [5, 5.41) is 3.41. The number of nitrogens with zero attached hydrogens (tertiary/aromatic N) is 2. The average molecular weight is 331 g/mol. The van der Waals surface area contributed by atoms with Crippen LogP contribution in [0.2, 0.25) is 0 Å². The predicted octanol–water partition coefficient (Wildman–Crippen LogP) is 1.82. The molecule has 0 aromatic carbocycles. The molecule has 118 valence electrons. The number of halogens is 1. The maximum Gasteiger partial charge on any atom is 0.370 e. The Morgan fingerprint density at radius 3 is 2.30 bits per heavy atom. The first-order chi connectivity index (χ1) is 9.27. The smallest absolute Gasteiger partial charge is 0.308 e. The molecule has 0 saturated heterocycles. The molecule has 0 aliphatic carbocycles. The van der Waals surface area contributed by atoms with Gasteiger partial charge < -0.3 is 14.4 Å². The number of carbonyl (C=O) groups excluding carboxylic acids is 1. The number of alkyl halides is 1. The normalized spacial score (nSPS) is 14.4. The number of nitroso groups, excluding NO2 is 1. The summed E-state index contributed by atoms with van der Waals surface area (Å²) in [7, 11) is -3.80. The van der Waals surface area contributed by atoms with Gasteiger partial charge >= 0.3 is 13.6 Å². The highest BCUT2D eigenvalue weighted by Gasteiger charge is 2.46. The lowest BCUT2D eigenvalue weighted by Gasteiger charge is -2.33. The molecule has 0 aromatic heterocycles.